The van der Waals surface area contributed by atoms with Gasteiger partial charge in [-0.15, -0.1) is 0 Å². The number of rotatable bonds is 4. The Kier molecular flexibility index (Phi) is 4.58. The fourth-order valence-electron chi connectivity index (χ4n) is 3.45. The summed E-state index contributed by atoms with van der Waals surface area (Å²) < 4.78 is 7.78. The van der Waals surface area contributed by atoms with Crippen LogP contribution in [0.5, 0.6) is 0 Å². The van der Waals surface area contributed by atoms with Crippen molar-refractivity contribution in [3.8, 4) is 0 Å². The van der Waals surface area contributed by atoms with Gasteiger partial charge in [0, 0.05) is 19.6 Å². The van der Waals surface area contributed by atoms with E-state index in [1.807, 2.05) is 20.1 Å². The average Bonchev–Trinajstić information content (AvgIpc) is 2.78. The molecule has 3 heterocycles. The van der Waals surface area contributed by atoms with Gasteiger partial charge in [0.1, 0.15) is 17.8 Å². The van der Waals surface area contributed by atoms with Gasteiger partial charge in [0.25, 0.3) is 0 Å². The molecule has 1 saturated heterocycles. The monoisotopic (exact) mass is 290 g/mol. The molecular weight excluding hydrogens is 264 g/mol. The number of hydrogen-bond donors (Lipinski definition) is 0. The number of nitrogens with zero attached hydrogens (tertiary/aromatic N) is 4. The van der Waals surface area contributed by atoms with E-state index in [1.54, 1.807) is 0 Å². The standard InChI is InChI=1S/C16H26N4O/c1-13-17-14(2)20(18-13)11-15-6-5-8-19(10-15)12-16-7-3-4-9-21-16/h4,9,15-16H,3,5-8,10-12H2,1-2H3/t15-,16-/m1/s1. The smallest absolute Gasteiger partial charge is 0.147 e. The maximum Gasteiger partial charge on any atom is 0.147 e. The summed E-state index contributed by atoms with van der Waals surface area (Å²) in [7, 11) is 0. The normalized spacial score (nSPS) is 26.8. The van der Waals surface area contributed by atoms with Crippen LogP contribution in [0.25, 0.3) is 0 Å². The lowest BCUT2D eigenvalue weighted by molar-refractivity contribution is 0.0570. The number of ether oxygens (including phenoxy) is 1. The lowest BCUT2D eigenvalue weighted by Crippen LogP contribution is -2.42. The molecule has 116 valence electrons. The van der Waals surface area contributed by atoms with E-state index in [0.717, 1.165) is 44.1 Å². The molecule has 1 aromatic rings. The van der Waals surface area contributed by atoms with Crippen molar-refractivity contribution in [3.63, 3.8) is 0 Å². The maximum atomic E-state index is 5.71. The molecule has 5 heteroatoms. The number of allylic oxidation sites excluding steroid dienone is 1. The highest BCUT2D eigenvalue weighted by Crippen LogP contribution is 2.21. The fraction of sp³-hybridized carbons (Fsp3) is 0.750. The van der Waals surface area contributed by atoms with Gasteiger partial charge in [0.15, 0.2) is 0 Å². The Balaban J connectivity index is 1.53. The predicted molar refractivity (Wildman–Crippen MR) is 81.9 cm³/mol. The van der Waals surface area contributed by atoms with Crippen LogP contribution in [0.4, 0.5) is 0 Å². The summed E-state index contributed by atoms with van der Waals surface area (Å²) in [6.07, 6.45) is 9.24. The first kappa shape index (κ1) is 14.6. The van der Waals surface area contributed by atoms with Gasteiger partial charge in [0.05, 0.1) is 6.26 Å². The van der Waals surface area contributed by atoms with E-state index in [2.05, 4.69) is 25.7 Å². The van der Waals surface area contributed by atoms with Crippen LogP contribution in [0.3, 0.4) is 0 Å². The summed E-state index contributed by atoms with van der Waals surface area (Å²) in [5.74, 6) is 2.59. The molecule has 2 atom stereocenters. The molecule has 0 radical (unpaired) electrons. The van der Waals surface area contributed by atoms with Gasteiger partial charge in [-0.2, -0.15) is 5.10 Å². The minimum absolute atomic E-state index is 0.379. The fourth-order valence-corrected chi connectivity index (χ4v) is 3.45. The highest BCUT2D eigenvalue weighted by atomic mass is 16.5. The predicted octanol–water partition coefficient (Wildman–Crippen LogP) is 2.30. The lowest BCUT2D eigenvalue weighted by Gasteiger charge is -2.35. The molecule has 0 unspecified atom stereocenters. The van der Waals surface area contributed by atoms with Gasteiger partial charge in [-0.3, -0.25) is 4.90 Å². The van der Waals surface area contributed by atoms with Crippen molar-refractivity contribution >= 4 is 0 Å². The maximum absolute atomic E-state index is 5.71. The molecule has 0 saturated carbocycles. The Morgan fingerprint density at radius 1 is 1.29 bits per heavy atom. The first-order chi connectivity index (χ1) is 10.2. The van der Waals surface area contributed by atoms with Gasteiger partial charge >= 0.3 is 0 Å². The highest BCUT2D eigenvalue weighted by Gasteiger charge is 2.24. The van der Waals surface area contributed by atoms with Gasteiger partial charge in [-0.05, 0) is 58.1 Å². The summed E-state index contributed by atoms with van der Waals surface area (Å²) in [5, 5.41) is 4.50. The van der Waals surface area contributed by atoms with Crippen LogP contribution in [-0.4, -0.2) is 45.4 Å². The molecule has 0 amide bonds. The van der Waals surface area contributed by atoms with Crippen LogP contribution in [-0.2, 0) is 11.3 Å². The van der Waals surface area contributed by atoms with Crippen molar-refractivity contribution in [2.75, 3.05) is 19.6 Å². The summed E-state index contributed by atoms with van der Waals surface area (Å²) in [6, 6.07) is 0. The molecule has 1 fully saturated rings. The molecule has 2 aliphatic heterocycles. The second kappa shape index (κ2) is 6.60. The molecule has 0 spiro atoms. The van der Waals surface area contributed by atoms with Gasteiger partial charge in [0.2, 0.25) is 0 Å². The first-order valence-corrected chi connectivity index (χ1v) is 8.11. The largest absolute Gasteiger partial charge is 0.497 e. The minimum atomic E-state index is 0.379. The van der Waals surface area contributed by atoms with Crippen molar-refractivity contribution in [2.24, 2.45) is 5.92 Å². The Bertz CT molecular complexity index is 496. The number of aryl methyl sites for hydroxylation is 2. The van der Waals surface area contributed by atoms with E-state index in [1.165, 1.54) is 19.4 Å². The van der Waals surface area contributed by atoms with Gasteiger partial charge < -0.3 is 4.74 Å². The van der Waals surface area contributed by atoms with E-state index < -0.39 is 0 Å². The molecule has 5 nitrogen and oxygen atoms in total. The zero-order chi connectivity index (χ0) is 14.7. The third kappa shape index (κ3) is 3.84. The third-order valence-electron chi connectivity index (χ3n) is 4.48. The third-order valence-corrected chi connectivity index (χ3v) is 4.48. The van der Waals surface area contributed by atoms with Crippen LogP contribution >= 0.6 is 0 Å². The number of hydrogen-bond acceptors (Lipinski definition) is 4. The zero-order valence-electron chi connectivity index (χ0n) is 13.2. The Morgan fingerprint density at radius 3 is 2.90 bits per heavy atom. The molecule has 3 rings (SSSR count). The topological polar surface area (TPSA) is 43.2 Å². The molecule has 0 N–H and O–H groups in total. The summed E-state index contributed by atoms with van der Waals surface area (Å²) in [5.41, 5.74) is 0. The molecule has 1 aromatic heterocycles. The molecular formula is C16H26N4O. The van der Waals surface area contributed by atoms with Crippen molar-refractivity contribution in [1.29, 1.82) is 0 Å². The average molecular weight is 290 g/mol. The van der Waals surface area contributed by atoms with E-state index in [0.29, 0.717) is 12.0 Å². The molecule has 2 aliphatic rings. The van der Waals surface area contributed by atoms with E-state index in [9.17, 15) is 0 Å². The van der Waals surface area contributed by atoms with E-state index in [-0.39, 0.29) is 0 Å². The van der Waals surface area contributed by atoms with Crippen molar-refractivity contribution < 1.29 is 4.74 Å². The summed E-state index contributed by atoms with van der Waals surface area (Å²) in [6.45, 7) is 8.43. The molecule has 0 bridgehead atoms. The summed E-state index contributed by atoms with van der Waals surface area (Å²) in [4.78, 5) is 6.97. The highest BCUT2D eigenvalue weighted by molar-refractivity contribution is 4.89. The Labute approximate surface area is 127 Å². The van der Waals surface area contributed by atoms with E-state index >= 15 is 0 Å². The zero-order valence-corrected chi connectivity index (χ0v) is 13.2. The molecule has 0 aromatic carbocycles. The SMILES string of the molecule is Cc1nc(C)n(C[C@@H]2CCCN(C[C@H]3CCC=CO3)C2)n1. The number of piperidine rings is 1. The van der Waals surface area contributed by atoms with Crippen molar-refractivity contribution in [1.82, 2.24) is 19.7 Å². The molecule has 21 heavy (non-hydrogen) atoms. The Morgan fingerprint density at radius 2 is 2.19 bits per heavy atom. The number of likely N-dealkylation sites (tertiary alicyclic amines) is 1. The number of aromatic nitrogens is 3. The van der Waals surface area contributed by atoms with Crippen LogP contribution in [0, 0.1) is 19.8 Å². The van der Waals surface area contributed by atoms with Crippen LogP contribution in [0.15, 0.2) is 12.3 Å². The minimum Gasteiger partial charge on any atom is -0.497 e. The van der Waals surface area contributed by atoms with E-state index in [4.69, 9.17) is 4.74 Å². The summed E-state index contributed by atoms with van der Waals surface area (Å²) >= 11 is 0. The van der Waals surface area contributed by atoms with Gasteiger partial charge in [-0.25, -0.2) is 9.67 Å². The quantitative estimate of drug-likeness (QED) is 0.853. The van der Waals surface area contributed by atoms with Gasteiger partial charge in [-0.1, -0.05) is 0 Å². The van der Waals surface area contributed by atoms with Crippen LogP contribution in [0.1, 0.15) is 37.3 Å². The second-order valence-corrected chi connectivity index (χ2v) is 6.36. The second-order valence-electron chi connectivity index (χ2n) is 6.36. The lowest BCUT2D eigenvalue weighted by atomic mass is 9.97. The molecule has 0 aliphatic carbocycles. The first-order valence-electron chi connectivity index (χ1n) is 8.11. The Hall–Kier alpha value is -1.36. The van der Waals surface area contributed by atoms with Crippen molar-refractivity contribution in [2.45, 2.75) is 52.2 Å². The van der Waals surface area contributed by atoms with Crippen molar-refractivity contribution in [3.05, 3.63) is 24.0 Å². The van der Waals surface area contributed by atoms with Crippen LogP contribution in [0.2, 0.25) is 0 Å². The van der Waals surface area contributed by atoms with Crippen LogP contribution < -0.4 is 0 Å².